The lowest BCUT2D eigenvalue weighted by molar-refractivity contribution is -0.0958. The first-order valence-corrected chi connectivity index (χ1v) is 4.55. The third kappa shape index (κ3) is 2.17. The molecule has 0 aromatic carbocycles. The highest BCUT2D eigenvalue weighted by Crippen LogP contribution is 2.23. The molecular formula is C9H18O2. The van der Waals surface area contributed by atoms with Crippen LogP contribution in [-0.2, 0) is 9.47 Å². The van der Waals surface area contributed by atoms with Crippen molar-refractivity contribution in [3.05, 3.63) is 0 Å². The Labute approximate surface area is 68.9 Å². The van der Waals surface area contributed by atoms with Crippen molar-refractivity contribution in [3.8, 4) is 0 Å². The second-order valence-electron chi connectivity index (χ2n) is 3.23. The van der Waals surface area contributed by atoms with Crippen molar-refractivity contribution in [1.29, 1.82) is 0 Å². The Morgan fingerprint density at radius 3 is 2.36 bits per heavy atom. The summed E-state index contributed by atoms with van der Waals surface area (Å²) in [6, 6.07) is 0. The van der Waals surface area contributed by atoms with Gasteiger partial charge in [-0.2, -0.15) is 0 Å². The van der Waals surface area contributed by atoms with Crippen molar-refractivity contribution >= 4 is 0 Å². The Kier molecular flexibility index (Phi) is 3.34. The van der Waals surface area contributed by atoms with Crippen LogP contribution in [0.15, 0.2) is 0 Å². The van der Waals surface area contributed by atoms with Gasteiger partial charge in [0.1, 0.15) is 0 Å². The van der Waals surface area contributed by atoms with Crippen LogP contribution < -0.4 is 0 Å². The molecule has 2 nitrogen and oxygen atoms in total. The number of ether oxygens (including phenoxy) is 2. The van der Waals surface area contributed by atoms with Gasteiger partial charge in [0.25, 0.3) is 0 Å². The van der Waals surface area contributed by atoms with Gasteiger partial charge in [-0.1, -0.05) is 13.8 Å². The van der Waals surface area contributed by atoms with E-state index in [4.69, 9.17) is 9.47 Å². The molecule has 1 heterocycles. The summed E-state index contributed by atoms with van der Waals surface area (Å²) in [5, 5.41) is 0. The highest BCUT2D eigenvalue weighted by molar-refractivity contribution is 4.66. The molecular weight excluding hydrogens is 140 g/mol. The summed E-state index contributed by atoms with van der Waals surface area (Å²) >= 11 is 0. The molecule has 1 rings (SSSR count). The van der Waals surface area contributed by atoms with Crippen LogP contribution in [0.3, 0.4) is 0 Å². The first-order chi connectivity index (χ1) is 5.27. The van der Waals surface area contributed by atoms with E-state index >= 15 is 0 Å². The quantitative estimate of drug-likeness (QED) is 0.626. The summed E-state index contributed by atoms with van der Waals surface area (Å²) in [5.41, 5.74) is 0. The Hall–Kier alpha value is -0.0800. The van der Waals surface area contributed by atoms with Crippen LogP contribution in [-0.4, -0.2) is 19.0 Å². The first-order valence-electron chi connectivity index (χ1n) is 4.55. The van der Waals surface area contributed by atoms with Crippen LogP contribution >= 0.6 is 0 Å². The van der Waals surface area contributed by atoms with Gasteiger partial charge in [0.2, 0.25) is 0 Å². The third-order valence-electron chi connectivity index (χ3n) is 2.30. The fourth-order valence-electron chi connectivity index (χ4n) is 1.46. The topological polar surface area (TPSA) is 18.5 Å². The van der Waals surface area contributed by atoms with Gasteiger partial charge < -0.3 is 9.47 Å². The van der Waals surface area contributed by atoms with Gasteiger partial charge in [0.15, 0.2) is 6.29 Å². The molecule has 0 N–H and O–H groups in total. The molecule has 0 aromatic rings. The second kappa shape index (κ2) is 4.07. The van der Waals surface area contributed by atoms with E-state index in [1.807, 2.05) is 0 Å². The first kappa shape index (κ1) is 9.01. The Morgan fingerprint density at radius 1 is 1.36 bits per heavy atom. The van der Waals surface area contributed by atoms with Gasteiger partial charge in [-0.3, -0.25) is 0 Å². The maximum absolute atomic E-state index is 5.58. The summed E-state index contributed by atoms with van der Waals surface area (Å²) < 4.78 is 11.1. The zero-order chi connectivity index (χ0) is 8.27. The molecule has 1 saturated heterocycles. The van der Waals surface area contributed by atoms with E-state index in [9.17, 15) is 0 Å². The zero-order valence-corrected chi connectivity index (χ0v) is 7.67. The normalized spacial score (nSPS) is 31.6. The predicted octanol–water partition coefficient (Wildman–Crippen LogP) is 2.18. The zero-order valence-electron chi connectivity index (χ0n) is 7.67. The second-order valence-corrected chi connectivity index (χ2v) is 3.23. The van der Waals surface area contributed by atoms with E-state index in [1.54, 1.807) is 0 Å². The van der Waals surface area contributed by atoms with Gasteiger partial charge in [-0.15, -0.1) is 0 Å². The highest BCUT2D eigenvalue weighted by atomic mass is 16.7. The lowest BCUT2D eigenvalue weighted by atomic mass is 10.0. The maximum Gasteiger partial charge on any atom is 0.160 e. The average molecular weight is 158 g/mol. The molecule has 0 aliphatic carbocycles. The van der Waals surface area contributed by atoms with Gasteiger partial charge in [0, 0.05) is 5.92 Å². The van der Waals surface area contributed by atoms with Crippen molar-refractivity contribution in [2.24, 2.45) is 5.92 Å². The van der Waals surface area contributed by atoms with Crippen molar-refractivity contribution < 1.29 is 9.47 Å². The Morgan fingerprint density at radius 2 is 2.00 bits per heavy atom. The van der Waals surface area contributed by atoms with E-state index in [-0.39, 0.29) is 6.29 Å². The van der Waals surface area contributed by atoms with Gasteiger partial charge in [0.05, 0.1) is 12.7 Å². The minimum Gasteiger partial charge on any atom is -0.350 e. The summed E-state index contributed by atoms with van der Waals surface area (Å²) in [6.07, 6.45) is 2.66. The molecule has 11 heavy (non-hydrogen) atoms. The van der Waals surface area contributed by atoms with E-state index in [0.717, 1.165) is 19.4 Å². The van der Waals surface area contributed by atoms with E-state index in [2.05, 4.69) is 20.8 Å². The number of hydrogen-bond acceptors (Lipinski definition) is 2. The number of hydrogen-bond donors (Lipinski definition) is 0. The molecule has 1 fully saturated rings. The van der Waals surface area contributed by atoms with Crippen LogP contribution in [0.1, 0.15) is 33.6 Å². The van der Waals surface area contributed by atoms with Crippen LogP contribution in [0, 0.1) is 5.92 Å². The molecule has 0 bridgehead atoms. The van der Waals surface area contributed by atoms with Gasteiger partial charge in [-0.05, 0) is 19.8 Å². The van der Waals surface area contributed by atoms with Crippen molar-refractivity contribution in [2.75, 3.05) is 6.61 Å². The average Bonchev–Trinajstić information content (AvgIpc) is 2.39. The van der Waals surface area contributed by atoms with Crippen molar-refractivity contribution in [1.82, 2.24) is 0 Å². The Balaban J connectivity index is 2.34. The molecule has 2 atom stereocenters. The molecule has 1 aliphatic rings. The molecule has 1 aliphatic heterocycles. The molecule has 0 amide bonds. The molecule has 2 unspecified atom stereocenters. The summed E-state index contributed by atoms with van der Waals surface area (Å²) in [5.74, 6) is 0.583. The molecule has 0 saturated carbocycles. The summed E-state index contributed by atoms with van der Waals surface area (Å²) in [4.78, 5) is 0. The van der Waals surface area contributed by atoms with Gasteiger partial charge in [-0.25, -0.2) is 0 Å². The summed E-state index contributed by atoms with van der Waals surface area (Å²) in [6.45, 7) is 7.19. The van der Waals surface area contributed by atoms with Crippen LogP contribution in [0.25, 0.3) is 0 Å². The molecule has 2 heteroatoms. The predicted molar refractivity (Wildman–Crippen MR) is 44.4 cm³/mol. The van der Waals surface area contributed by atoms with E-state index < -0.39 is 0 Å². The minimum atomic E-state index is 0.0694. The van der Waals surface area contributed by atoms with Gasteiger partial charge >= 0.3 is 0 Å². The minimum absolute atomic E-state index is 0.0694. The van der Waals surface area contributed by atoms with Crippen molar-refractivity contribution in [3.63, 3.8) is 0 Å². The Bertz CT molecular complexity index is 110. The maximum atomic E-state index is 5.58. The fraction of sp³-hybridized carbons (Fsp3) is 1.00. The van der Waals surface area contributed by atoms with Crippen molar-refractivity contribution in [2.45, 2.75) is 46.0 Å². The smallest absolute Gasteiger partial charge is 0.160 e. The van der Waals surface area contributed by atoms with E-state index in [0.29, 0.717) is 12.0 Å². The number of rotatable bonds is 3. The summed E-state index contributed by atoms with van der Waals surface area (Å²) in [7, 11) is 0. The molecule has 0 spiro atoms. The van der Waals surface area contributed by atoms with Crippen LogP contribution in [0.5, 0.6) is 0 Å². The SMILES string of the molecule is CCC(CC)C1OCC(C)O1. The highest BCUT2D eigenvalue weighted by Gasteiger charge is 2.27. The molecule has 66 valence electrons. The lowest BCUT2D eigenvalue weighted by Crippen LogP contribution is -2.20. The lowest BCUT2D eigenvalue weighted by Gasteiger charge is -2.18. The standard InChI is InChI=1S/C9H18O2/c1-4-8(5-2)9-10-6-7(3)11-9/h7-9H,4-6H2,1-3H3. The van der Waals surface area contributed by atoms with E-state index in [1.165, 1.54) is 0 Å². The van der Waals surface area contributed by atoms with Crippen LogP contribution in [0.4, 0.5) is 0 Å². The monoisotopic (exact) mass is 158 g/mol. The molecule has 0 aromatic heterocycles. The fourth-order valence-corrected chi connectivity index (χ4v) is 1.46. The van der Waals surface area contributed by atoms with Crippen LogP contribution in [0.2, 0.25) is 0 Å². The largest absolute Gasteiger partial charge is 0.350 e. The third-order valence-corrected chi connectivity index (χ3v) is 2.30. The molecule has 0 radical (unpaired) electrons.